The van der Waals surface area contributed by atoms with Gasteiger partial charge >= 0.3 is 0 Å². The number of nitrogens with zero attached hydrogens (tertiary/aromatic N) is 2. The molecule has 0 atom stereocenters. The minimum atomic E-state index is -3.70. The number of ether oxygens (including phenoxy) is 1. The number of hydrogen-bond acceptors (Lipinski definition) is 7. The number of sulfonamides is 1. The van der Waals surface area contributed by atoms with E-state index in [1.54, 1.807) is 33.1 Å². The van der Waals surface area contributed by atoms with Gasteiger partial charge in [-0.15, -0.1) is 10.2 Å². The molecule has 0 saturated carbocycles. The van der Waals surface area contributed by atoms with Gasteiger partial charge in [0.1, 0.15) is 5.75 Å². The number of aryl methyl sites for hydroxylation is 2. The Labute approximate surface area is 138 Å². The summed E-state index contributed by atoms with van der Waals surface area (Å²) in [6.07, 6.45) is 0. The summed E-state index contributed by atoms with van der Waals surface area (Å²) in [5.74, 6) is 1.52. The van der Waals surface area contributed by atoms with E-state index in [1.165, 1.54) is 23.1 Å². The third-order valence-corrected chi connectivity index (χ3v) is 6.34. The van der Waals surface area contributed by atoms with E-state index in [9.17, 15) is 8.42 Å². The fourth-order valence-corrected chi connectivity index (χ4v) is 5.07. The standard InChI is InChI=1S/C13H17N3O3S3/c1-5-20-13-15-14-12(21-13)16-22(17,18)11-7-8(2)10(19-4)6-9(11)3/h6-7H,5H2,1-4H3,(H,14,16). The second-order valence-corrected chi connectivity index (χ2v) is 8.64. The average Bonchev–Trinajstić information content (AvgIpc) is 2.87. The first kappa shape index (κ1) is 17.0. The lowest BCUT2D eigenvalue weighted by molar-refractivity contribution is 0.411. The summed E-state index contributed by atoms with van der Waals surface area (Å²) in [5.41, 5.74) is 1.37. The van der Waals surface area contributed by atoms with E-state index in [0.717, 1.165) is 15.7 Å². The number of thioether (sulfide) groups is 1. The summed E-state index contributed by atoms with van der Waals surface area (Å²) in [6.45, 7) is 5.53. The zero-order valence-electron chi connectivity index (χ0n) is 12.7. The molecule has 0 fully saturated rings. The Hall–Kier alpha value is -1.32. The highest BCUT2D eigenvalue weighted by Crippen LogP contribution is 2.29. The van der Waals surface area contributed by atoms with Crippen LogP contribution in [0.3, 0.4) is 0 Å². The monoisotopic (exact) mass is 359 g/mol. The Bertz CT molecular complexity index is 772. The Kier molecular flexibility index (Phi) is 5.30. The molecule has 0 aliphatic rings. The van der Waals surface area contributed by atoms with Crippen molar-refractivity contribution in [1.82, 2.24) is 10.2 Å². The van der Waals surface area contributed by atoms with Crippen LogP contribution in [-0.4, -0.2) is 31.5 Å². The highest BCUT2D eigenvalue weighted by Gasteiger charge is 2.20. The Morgan fingerprint density at radius 3 is 2.64 bits per heavy atom. The lowest BCUT2D eigenvalue weighted by Crippen LogP contribution is -2.14. The van der Waals surface area contributed by atoms with Gasteiger partial charge in [0.25, 0.3) is 10.0 Å². The number of methoxy groups -OCH3 is 1. The number of benzene rings is 1. The maximum Gasteiger partial charge on any atom is 0.263 e. The molecule has 0 radical (unpaired) electrons. The van der Waals surface area contributed by atoms with E-state index in [-0.39, 0.29) is 10.0 Å². The van der Waals surface area contributed by atoms with Crippen LogP contribution < -0.4 is 9.46 Å². The molecular formula is C13H17N3O3S3. The maximum absolute atomic E-state index is 12.5. The topological polar surface area (TPSA) is 81.2 Å². The van der Waals surface area contributed by atoms with Crippen LogP contribution in [0, 0.1) is 13.8 Å². The smallest absolute Gasteiger partial charge is 0.263 e. The average molecular weight is 359 g/mol. The molecular weight excluding hydrogens is 342 g/mol. The van der Waals surface area contributed by atoms with E-state index in [2.05, 4.69) is 14.9 Å². The summed E-state index contributed by atoms with van der Waals surface area (Å²) in [7, 11) is -2.14. The van der Waals surface area contributed by atoms with Crippen molar-refractivity contribution in [2.24, 2.45) is 0 Å². The van der Waals surface area contributed by atoms with Crippen molar-refractivity contribution in [2.45, 2.75) is 30.0 Å². The molecule has 1 N–H and O–H groups in total. The van der Waals surface area contributed by atoms with E-state index < -0.39 is 10.0 Å². The SMILES string of the molecule is CCSc1nnc(NS(=O)(=O)c2cc(C)c(OC)cc2C)s1. The molecule has 0 spiro atoms. The van der Waals surface area contributed by atoms with Crippen LogP contribution in [0.5, 0.6) is 5.75 Å². The van der Waals surface area contributed by atoms with Crippen LogP contribution in [0.4, 0.5) is 5.13 Å². The molecule has 0 saturated heterocycles. The van der Waals surface area contributed by atoms with Crippen molar-refractivity contribution in [2.75, 3.05) is 17.6 Å². The van der Waals surface area contributed by atoms with Gasteiger partial charge < -0.3 is 4.74 Å². The molecule has 0 aliphatic heterocycles. The third-order valence-electron chi connectivity index (χ3n) is 2.88. The normalized spacial score (nSPS) is 11.5. The Balaban J connectivity index is 2.31. The number of aromatic nitrogens is 2. The van der Waals surface area contributed by atoms with Crippen LogP contribution in [-0.2, 0) is 10.0 Å². The van der Waals surface area contributed by atoms with E-state index in [1.807, 2.05) is 6.92 Å². The molecule has 0 aliphatic carbocycles. The van der Waals surface area contributed by atoms with Crippen molar-refractivity contribution in [3.8, 4) is 5.75 Å². The van der Waals surface area contributed by atoms with Gasteiger partial charge in [-0.25, -0.2) is 8.42 Å². The lowest BCUT2D eigenvalue weighted by Gasteiger charge is -2.12. The van der Waals surface area contributed by atoms with E-state index >= 15 is 0 Å². The number of rotatable bonds is 6. The van der Waals surface area contributed by atoms with Gasteiger partial charge in [0.15, 0.2) is 4.34 Å². The predicted molar refractivity (Wildman–Crippen MR) is 89.6 cm³/mol. The quantitative estimate of drug-likeness (QED) is 0.798. The molecule has 0 amide bonds. The Morgan fingerprint density at radius 1 is 1.27 bits per heavy atom. The number of anilines is 1. The van der Waals surface area contributed by atoms with Crippen molar-refractivity contribution < 1.29 is 13.2 Å². The van der Waals surface area contributed by atoms with E-state index in [4.69, 9.17) is 4.74 Å². The predicted octanol–water partition coefficient (Wildman–Crippen LogP) is 3.08. The van der Waals surface area contributed by atoms with Gasteiger partial charge in [0.05, 0.1) is 12.0 Å². The van der Waals surface area contributed by atoms with Crippen molar-refractivity contribution in [3.05, 3.63) is 23.3 Å². The number of nitrogens with one attached hydrogen (secondary N) is 1. The van der Waals surface area contributed by atoms with Crippen LogP contribution in [0.15, 0.2) is 21.4 Å². The third kappa shape index (κ3) is 3.71. The molecule has 1 heterocycles. The first-order chi connectivity index (χ1) is 10.4. The van der Waals surface area contributed by atoms with Crippen LogP contribution >= 0.6 is 23.1 Å². The fraction of sp³-hybridized carbons (Fsp3) is 0.385. The molecule has 0 unspecified atom stereocenters. The van der Waals surface area contributed by atoms with Crippen molar-refractivity contribution in [3.63, 3.8) is 0 Å². The highest BCUT2D eigenvalue weighted by molar-refractivity contribution is 8.01. The molecule has 2 aromatic rings. The molecule has 2 rings (SSSR count). The molecule has 1 aromatic heterocycles. The second kappa shape index (κ2) is 6.84. The minimum absolute atomic E-state index is 0.214. The second-order valence-electron chi connectivity index (χ2n) is 4.50. The summed E-state index contributed by atoms with van der Waals surface area (Å²) in [4.78, 5) is 0.214. The number of hydrogen-bond donors (Lipinski definition) is 1. The van der Waals surface area contributed by atoms with Crippen LogP contribution in [0.1, 0.15) is 18.1 Å². The molecule has 1 aromatic carbocycles. The van der Waals surface area contributed by atoms with Crippen LogP contribution in [0.25, 0.3) is 0 Å². The molecule has 9 heteroatoms. The van der Waals surface area contributed by atoms with Gasteiger partial charge in [-0.2, -0.15) is 0 Å². The zero-order valence-corrected chi connectivity index (χ0v) is 15.2. The van der Waals surface area contributed by atoms with Crippen molar-refractivity contribution in [1.29, 1.82) is 0 Å². The fourth-order valence-electron chi connectivity index (χ4n) is 1.88. The molecule has 120 valence electrons. The maximum atomic E-state index is 12.5. The summed E-state index contributed by atoms with van der Waals surface area (Å²) >= 11 is 2.74. The molecule has 6 nitrogen and oxygen atoms in total. The van der Waals surface area contributed by atoms with Crippen molar-refractivity contribution >= 4 is 38.3 Å². The van der Waals surface area contributed by atoms with Gasteiger partial charge in [-0.1, -0.05) is 30.0 Å². The summed E-state index contributed by atoms with van der Waals surface area (Å²) in [6, 6.07) is 3.31. The largest absolute Gasteiger partial charge is 0.496 e. The first-order valence-electron chi connectivity index (χ1n) is 6.51. The van der Waals surface area contributed by atoms with Gasteiger partial charge in [-0.3, -0.25) is 4.72 Å². The molecule has 0 bridgehead atoms. The van der Waals surface area contributed by atoms with Gasteiger partial charge in [-0.05, 0) is 42.9 Å². The lowest BCUT2D eigenvalue weighted by atomic mass is 10.1. The van der Waals surface area contributed by atoms with Gasteiger partial charge in [0, 0.05) is 0 Å². The summed E-state index contributed by atoms with van der Waals surface area (Å²) in [5, 5.41) is 8.07. The van der Waals surface area contributed by atoms with Gasteiger partial charge in [0.2, 0.25) is 5.13 Å². The summed E-state index contributed by atoms with van der Waals surface area (Å²) < 4.78 is 33.5. The highest BCUT2D eigenvalue weighted by atomic mass is 32.2. The van der Waals surface area contributed by atoms with Crippen LogP contribution in [0.2, 0.25) is 0 Å². The zero-order chi connectivity index (χ0) is 16.3. The van der Waals surface area contributed by atoms with E-state index in [0.29, 0.717) is 11.3 Å². The first-order valence-corrected chi connectivity index (χ1v) is 9.80. The minimum Gasteiger partial charge on any atom is -0.496 e. The molecule has 22 heavy (non-hydrogen) atoms. The Morgan fingerprint density at radius 2 is 2.00 bits per heavy atom.